The molecule has 0 saturated carbocycles. The maximum Gasteiger partial charge on any atom is 0.284 e. The Labute approximate surface area is 109 Å². The van der Waals surface area contributed by atoms with Crippen LogP contribution in [0.25, 0.3) is 0 Å². The van der Waals surface area contributed by atoms with E-state index in [9.17, 15) is 10.1 Å². The molecule has 0 N–H and O–H groups in total. The van der Waals surface area contributed by atoms with Crippen molar-refractivity contribution in [3.63, 3.8) is 0 Å². The molecule has 0 aliphatic rings. The highest BCUT2D eigenvalue weighted by molar-refractivity contribution is 7.98. The average molecular weight is 258 g/mol. The highest BCUT2D eigenvalue weighted by Crippen LogP contribution is 2.29. The van der Waals surface area contributed by atoms with Gasteiger partial charge in [0.05, 0.1) is 4.92 Å². The zero-order valence-electron chi connectivity index (χ0n) is 9.39. The third kappa shape index (κ3) is 3.18. The quantitative estimate of drug-likeness (QED) is 0.363. The summed E-state index contributed by atoms with van der Waals surface area (Å²) in [5.74, 6) is 0. The van der Waals surface area contributed by atoms with E-state index in [-0.39, 0.29) is 5.69 Å². The summed E-state index contributed by atoms with van der Waals surface area (Å²) in [6, 6.07) is 16.1. The van der Waals surface area contributed by atoms with Crippen LogP contribution >= 0.6 is 11.9 Å². The van der Waals surface area contributed by atoms with Crippen LogP contribution < -0.4 is 0 Å². The molecule has 0 aliphatic heterocycles. The molecule has 18 heavy (non-hydrogen) atoms. The number of nitro groups is 1. The van der Waals surface area contributed by atoms with Crippen LogP contribution in [-0.4, -0.2) is 11.1 Å². The minimum absolute atomic E-state index is 0.0766. The van der Waals surface area contributed by atoms with Crippen molar-refractivity contribution < 1.29 is 4.92 Å². The van der Waals surface area contributed by atoms with Crippen molar-refractivity contribution in [2.75, 3.05) is 0 Å². The summed E-state index contributed by atoms with van der Waals surface area (Å²) in [5, 5.41) is 10.8. The van der Waals surface area contributed by atoms with E-state index >= 15 is 0 Å². The summed E-state index contributed by atoms with van der Waals surface area (Å²) >= 11 is 1.10. The Bertz CT molecular complexity index is 570. The lowest BCUT2D eigenvalue weighted by Crippen LogP contribution is -1.89. The predicted octanol–water partition coefficient (Wildman–Crippen LogP) is 3.72. The Morgan fingerprint density at radius 2 is 1.72 bits per heavy atom. The van der Waals surface area contributed by atoms with E-state index in [1.54, 1.807) is 24.4 Å². The monoisotopic (exact) mass is 258 g/mol. The first-order valence-electron chi connectivity index (χ1n) is 5.26. The van der Waals surface area contributed by atoms with Gasteiger partial charge in [0.1, 0.15) is 4.90 Å². The Hall–Kier alpha value is -2.14. The van der Waals surface area contributed by atoms with Gasteiger partial charge in [0.15, 0.2) is 0 Å². The molecule has 2 aromatic carbocycles. The lowest BCUT2D eigenvalue weighted by molar-refractivity contribution is -0.387. The van der Waals surface area contributed by atoms with Gasteiger partial charge in [-0.3, -0.25) is 10.1 Å². The van der Waals surface area contributed by atoms with Crippen LogP contribution in [0.4, 0.5) is 5.69 Å². The van der Waals surface area contributed by atoms with Crippen LogP contribution in [0.1, 0.15) is 5.56 Å². The molecule has 0 aromatic heterocycles. The van der Waals surface area contributed by atoms with Crippen LogP contribution in [0, 0.1) is 10.1 Å². The number of hydrogen-bond donors (Lipinski definition) is 0. The van der Waals surface area contributed by atoms with Crippen LogP contribution in [0.3, 0.4) is 0 Å². The highest BCUT2D eigenvalue weighted by Gasteiger charge is 2.11. The molecule has 90 valence electrons. The van der Waals surface area contributed by atoms with Crippen molar-refractivity contribution in [3.8, 4) is 0 Å². The number of rotatable bonds is 4. The third-order valence-electron chi connectivity index (χ3n) is 2.21. The number of benzene rings is 2. The molecule has 0 atom stereocenters. The topological polar surface area (TPSA) is 55.5 Å². The zero-order chi connectivity index (χ0) is 12.8. The van der Waals surface area contributed by atoms with Crippen molar-refractivity contribution in [3.05, 3.63) is 70.3 Å². The maximum atomic E-state index is 10.8. The zero-order valence-corrected chi connectivity index (χ0v) is 10.2. The molecule has 0 heterocycles. The molecule has 0 bridgehead atoms. The number of nitrogens with zero attached hydrogens (tertiary/aromatic N) is 2. The fraction of sp³-hybridized carbons (Fsp3) is 0. The fourth-order valence-corrected chi connectivity index (χ4v) is 2.03. The molecule has 0 fully saturated rings. The Balaban J connectivity index is 2.11. The van der Waals surface area contributed by atoms with Gasteiger partial charge in [-0.2, -0.15) is 0 Å². The molecular formula is C13H10N2O2S. The smallest absolute Gasteiger partial charge is 0.258 e. The van der Waals surface area contributed by atoms with Crippen molar-refractivity contribution in [1.29, 1.82) is 0 Å². The third-order valence-corrected chi connectivity index (χ3v) is 2.97. The molecule has 0 radical (unpaired) electrons. The Morgan fingerprint density at radius 3 is 2.44 bits per heavy atom. The largest absolute Gasteiger partial charge is 0.284 e. The summed E-state index contributed by atoms with van der Waals surface area (Å²) in [6.45, 7) is 0. The molecule has 2 aromatic rings. The molecule has 2 rings (SSSR count). The van der Waals surface area contributed by atoms with Crippen molar-refractivity contribution in [2.45, 2.75) is 4.90 Å². The molecular weight excluding hydrogens is 248 g/mol. The highest BCUT2D eigenvalue weighted by atomic mass is 32.2. The number of nitro benzene ring substituents is 1. The Kier molecular flexibility index (Phi) is 4.09. The van der Waals surface area contributed by atoms with Crippen molar-refractivity contribution >= 4 is 23.8 Å². The van der Waals surface area contributed by atoms with E-state index in [0.717, 1.165) is 17.5 Å². The van der Waals surface area contributed by atoms with Gasteiger partial charge < -0.3 is 0 Å². The van der Waals surface area contributed by atoms with Crippen LogP contribution in [0.2, 0.25) is 0 Å². The molecule has 0 amide bonds. The minimum Gasteiger partial charge on any atom is -0.258 e. The Morgan fingerprint density at radius 1 is 1.06 bits per heavy atom. The van der Waals surface area contributed by atoms with Crippen LogP contribution in [-0.2, 0) is 0 Å². The van der Waals surface area contributed by atoms with Gasteiger partial charge in [0.2, 0.25) is 0 Å². The second kappa shape index (κ2) is 5.97. The van der Waals surface area contributed by atoms with E-state index in [4.69, 9.17) is 0 Å². The van der Waals surface area contributed by atoms with E-state index in [1.807, 2.05) is 30.3 Å². The molecule has 0 saturated heterocycles. The molecule has 0 spiro atoms. The molecule has 0 aliphatic carbocycles. The number of hydrogen-bond acceptors (Lipinski definition) is 4. The maximum absolute atomic E-state index is 10.8. The predicted molar refractivity (Wildman–Crippen MR) is 73.0 cm³/mol. The summed E-state index contributed by atoms with van der Waals surface area (Å²) in [5.41, 5.74) is 1.04. The minimum atomic E-state index is -0.402. The van der Waals surface area contributed by atoms with Gasteiger partial charge in [-0.15, -0.1) is 0 Å². The van der Waals surface area contributed by atoms with Gasteiger partial charge in [0, 0.05) is 24.2 Å². The SMILES string of the molecule is O=[N+]([O-])c1ccccc1S/N=C/c1ccccc1. The first-order valence-corrected chi connectivity index (χ1v) is 6.03. The summed E-state index contributed by atoms with van der Waals surface area (Å²) in [4.78, 5) is 10.9. The van der Waals surface area contributed by atoms with E-state index in [1.165, 1.54) is 6.07 Å². The first-order chi connectivity index (χ1) is 8.77. The fourth-order valence-electron chi connectivity index (χ4n) is 1.37. The standard InChI is InChI=1S/C13H10N2O2S/c16-15(17)12-8-4-5-9-13(12)18-14-10-11-6-2-1-3-7-11/h1-10H/b14-10+. The second-order valence-electron chi connectivity index (χ2n) is 3.46. The lowest BCUT2D eigenvalue weighted by atomic mass is 10.2. The van der Waals surface area contributed by atoms with Crippen LogP contribution in [0.15, 0.2) is 63.9 Å². The van der Waals surface area contributed by atoms with E-state index in [0.29, 0.717) is 4.90 Å². The van der Waals surface area contributed by atoms with Gasteiger partial charge in [-0.1, -0.05) is 42.5 Å². The lowest BCUT2D eigenvalue weighted by Gasteiger charge is -1.97. The summed E-state index contributed by atoms with van der Waals surface area (Å²) < 4.78 is 4.14. The van der Waals surface area contributed by atoms with Crippen LogP contribution in [0.5, 0.6) is 0 Å². The van der Waals surface area contributed by atoms with Crippen molar-refractivity contribution in [1.82, 2.24) is 0 Å². The van der Waals surface area contributed by atoms with E-state index < -0.39 is 4.92 Å². The van der Waals surface area contributed by atoms with Crippen molar-refractivity contribution in [2.24, 2.45) is 4.40 Å². The second-order valence-corrected chi connectivity index (χ2v) is 4.29. The van der Waals surface area contributed by atoms with Gasteiger partial charge >= 0.3 is 0 Å². The van der Waals surface area contributed by atoms with E-state index in [2.05, 4.69) is 4.40 Å². The number of para-hydroxylation sites is 1. The van der Waals surface area contributed by atoms with Gasteiger partial charge in [-0.25, -0.2) is 4.40 Å². The van der Waals surface area contributed by atoms with Gasteiger partial charge in [0.25, 0.3) is 5.69 Å². The van der Waals surface area contributed by atoms with Gasteiger partial charge in [-0.05, 0) is 11.6 Å². The summed E-state index contributed by atoms with van der Waals surface area (Å²) in [7, 11) is 0. The molecule has 4 nitrogen and oxygen atoms in total. The normalized spacial score (nSPS) is 10.7. The molecule has 0 unspecified atom stereocenters. The first kappa shape index (κ1) is 12.3. The molecule has 5 heteroatoms. The average Bonchev–Trinajstić information content (AvgIpc) is 2.40. The summed E-state index contributed by atoms with van der Waals surface area (Å²) in [6.07, 6.45) is 1.68.